The Kier molecular flexibility index (Phi) is 4.11. The van der Waals surface area contributed by atoms with Crippen molar-refractivity contribution in [3.8, 4) is 17.4 Å². The van der Waals surface area contributed by atoms with E-state index in [1.165, 1.54) is 6.20 Å². The first-order valence-corrected chi connectivity index (χ1v) is 6.78. The molecule has 88 valence electrons. The summed E-state index contributed by atoms with van der Waals surface area (Å²) >= 11 is 11.3. The van der Waals surface area contributed by atoms with E-state index in [2.05, 4.69) is 43.5 Å². The first-order valence-electron chi connectivity index (χ1n) is 4.53. The molecule has 1 aromatic carbocycles. The number of rotatable bonds is 2. The summed E-state index contributed by atoms with van der Waals surface area (Å²) in [5.74, 6) is 0.644. The molecule has 0 aliphatic rings. The molecule has 17 heavy (non-hydrogen) atoms. The second kappa shape index (κ2) is 5.41. The van der Waals surface area contributed by atoms with Crippen molar-refractivity contribution >= 4 is 50.1 Å². The Balaban J connectivity index is 2.38. The van der Waals surface area contributed by atoms with Crippen LogP contribution < -0.4 is 4.74 Å². The molecule has 0 spiro atoms. The van der Waals surface area contributed by atoms with E-state index in [-0.39, 0.29) is 11.6 Å². The van der Waals surface area contributed by atoms with Gasteiger partial charge in [-0.25, -0.2) is 4.98 Å². The van der Waals surface area contributed by atoms with E-state index < -0.39 is 0 Å². The Morgan fingerprint density at radius 2 is 2.12 bits per heavy atom. The Bertz CT molecular complexity index is 525. The van der Waals surface area contributed by atoms with Gasteiger partial charge >= 0.3 is 0 Å². The van der Waals surface area contributed by atoms with Crippen molar-refractivity contribution in [2.24, 2.45) is 0 Å². The van der Waals surface area contributed by atoms with Gasteiger partial charge < -0.3 is 9.84 Å². The van der Waals surface area contributed by atoms with Gasteiger partial charge in [-0.3, -0.25) is 0 Å². The molecule has 0 radical (unpaired) electrons. The molecule has 0 fully saturated rings. The van der Waals surface area contributed by atoms with Gasteiger partial charge in [-0.1, -0.05) is 11.6 Å². The lowest BCUT2D eigenvalue weighted by atomic mass is 10.3. The zero-order chi connectivity index (χ0) is 12.4. The number of pyridine rings is 1. The van der Waals surface area contributed by atoms with E-state index in [0.717, 1.165) is 3.57 Å². The van der Waals surface area contributed by atoms with Gasteiger partial charge in [0.05, 0.1) is 4.47 Å². The average Bonchev–Trinajstić information content (AvgIpc) is 2.22. The highest BCUT2D eigenvalue weighted by molar-refractivity contribution is 14.1. The second-order valence-electron chi connectivity index (χ2n) is 3.15. The van der Waals surface area contributed by atoms with Crippen molar-refractivity contribution in [2.75, 3.05) is 0 Å². The molecule has 2 aromatic rings. The van der Waals surface area contributed by atoms with Crippen LogP contribution in [0.15, 0.2) is 34.9 Å². The fraction of sp³-hybridized carbons (Fsp3) is 0. The van der Waals surface area contributed by atoms with Crippen molar-refractivity contribution in [1.29, 1.82) is 0 Å². The minimum Gasteiger partial charge on any atom is -0.491 e. The number of halogens is 3. The monoisotopic (exact) mass is 425 g/mol. The maximum absolute atomic E-state index is 9.59. The molecule has 0 aliphatic heterocycles. The third-order valence-electron chi connectivity index (χ3n) is 1.89. The van der Waals surface area contributed by atoms with Crippen LogP contribution in [-0.2, 0) is 0 Å². The predicted molar refractivity (Wildman–Crippen MR) is 77.8 cm³/mol. The molecule has 1 N–H and O–H groups in total. The Morgan fingerprint density at radius 1 is 1.35 bits per heavy atom. The number of ether oxygens (including phenoxy) is 1. The molecule has 0 bridgehead atoms. The first kappa shape index (κ1) is 12.9. The number of hydrogen-bond acceptors (Lipinski definition) is 3. The number of nitrogens with zero attached hydrogens (tertiary/aromatic N) is 1. The highest BCUT2D eigenvalue weighted by Gasteiger charge is 2.10. The van der Waals surface area contributed by atoms with Crippen LogP contribution in [-0.4, -0.2) is 10.1 Å². The first-order chi connectivity index (χ1) is 8.06. The third-order valence-corrected chi connectivity index (χ3v) is 3.36. The SMILES string of the molecule is Oc1nccc(Br)c1Oc1cc(Cl)cc(I)c1. The van der Waals surface area contributed by atoms with Gasteiger partial charge in [0.2, 0.25) is 5.75 Å². The largest absolute Gasteiger partial charge is 0.491 e. The maximum atomic E-state index is 9.59. The second-order valence-corrected chi connectivity index (χ2v) is 5.69. The minimum absolute atomic E-state index is 0.172. The Labute approximate surface area is 125 Å². The molecule has 0 amide bonds. The van der Waals surface area contributed by atoms with Gasteiger partial charge in [0.15, 0.2) is 0 Å². The van der Waals surface area contributed by atoms with E-state index >= 15 is 0 Å². The van der Waals surface area contributed by atoms with Gasteiger partial charge in [0.25, 0.3) is 5.88 Å². The molecule has 0 saturated carbocycles. The van der Waals surface area contributed by atoms with Crippen LogP contribution in [0.5, 0.6) is 17.4 Å². The van der Waals surface area contributed by atoms with Gasteiger partial charge in [-0.05, 0) is 62.8 Å². The third kappa shape index (κ3) is 3.23. The van der Waals surface area contributed by atoms with Crippen molar-refractivity contribution < 1.29 is 9.84 Å². The molecule has 0 saturated heterocycles. The molecule has 2 rings (SSSR count). The maximum Gasteiger partial charge on any atom is 0.256 e. The molecular formula is C11H6BrClINO2. The van der Waals surface area contributed by atoms with Crippen LogP contribution in [0.3, 0.4) is 0 Å². The predicted octanol–water partition coefficient (Wildman–Crippen LogP) is 4.60. The van der Waals surface area contributed by atoms with E-state index in [1.807, 2.05) is 12.1 Å². The van der Waals surface area contributed by atoms with E-state index in [0.29, 0.717) is 15.2 Å². The quantitative estimate of drug-likeness (QED) is 0.714. The molecular weight excluding hydrogens is 420 g/mol. The summed E-state index contributed by atoms with van der Waals surface area (Å²) in [5.41, 5.74) is 0. The molecule has 1 aromatic heterocycles. The molecule has 0 aliphatic carbocycles. The summed E-state index contributed by atoms with van der Waals surface area (Å²) in [6.07, 6.45) is 1.48. The normalized spacial score (nSPS) is 10.3. The lowest BCUT2D eigenvalue weighted by molar-refractivity contribution is 0.394. The van der Waals surface area contributed by atoms with Crippen LogP contribution in [0.1, 0.15) is 0 Å². The van der Waals surface area contributed by atoms with Gasteiger partial charge in [0, 0.05) is 14.8 Å². The number of benzene rings is 1. The van der Waals surface area contributed by atoms with Crippen LogP contribution in [0, 0.1) is 3.57 Å². The molecule has 3 nitrogen and oxygen atoms in total. The lowest BCUT2D eigenvalue weighted by Gasteiger charge is -2.09. The Morgan fingerprint density at radius 3 is 2.76 bits per heavy atom. The highest BCUT2D eigenvalue weighted by Crippen LogP contribution is 2.36. The number of hydrogen-bond donors (Lipinski definition) is 1. The summed E-state index contributed by atoms with van der Waals surface area (Å²) in [4.78, 5) is 3.75. The summed E-state index contributed by atoms with van der Waals surface area (Å²) in [6, 6.07) is 6.98. The summed E-state index contributed by atoms with van der Waals surface area (Å²) in [6.45, 7) is 0. The molecule has 6 heteroatoms. The molecule has 1 heterocycles. The topological polar surface area (TPSA) is 42.4 Å². The van der Waals surface area contributed by atoms with Gasteiger partial charge in [-0.15, -0.1) is 0 Å². The van der Waals surface area contributed by atoms with Gasteiger partial charge in [-0.2, -0.15) is 0 Å². The Hall–Kier alpha value is -0.530. The summed E-state index contributed by atoms with van der Waals surface area (Å²) in [5, 5.41) is 10.2. The number of aromatic hydroxyl groups is 1. The van der Waals surface area contributed by atoms with E-state index in [1.54, 1.807) is 12.1 Å². The zero-order valence-electron chi connectivity index (χ0n) is 8.32. The fourth-order valence-electron chi connectivity index (χ4n) is 1.21. The lowest BCUT2D eigenvalue weighted by Crippen LogP contribution is -1.89. The minimum atomic E-state index is -0.172. The van der Waals surface area contributed by atoms with Gasteiger partial charge in [0.1, 0.15) is 5.75 Å². The van der Waals surface area contributed by atoms with Crippen LogP contribution in [0.25, 0.3) is 0 Å². The standard InChI is InChI=1S/C11H6BrClINO2/c12-9-1-2-15-11(16)10(9)17-8-4-6(13)3-7(14)5-8/h1-5H,(H,15,16). The highest BCUT2D eigenvalue weighted by atomic mass is 127. The fourth-order valence-corrected chi connectivity index (χ4v) is 2.64. The molecule has 0 atom stereocenters. The molecule has 0 unspecified atom stereocenters. The van der Waals surface area contributed by atoms with Crippen molar-refractivity contribution in [3.63, 3.8) is 0 Å². The zero-order valence-corrected chi connectivity index (χ0v) is 12.8. The van der Waals surface area contributed by atoms with Crippen LogP contribution >= 0.6 is 50.1 Å². The summed E-state index contributed by atoms with van der Waals surface area (Å²) < 4.78 is 7.13. The van der Waals surface area contributed by atoms with Crippen LogP contribution in [0.2, 0.25) is 5.02 Å². The number of aromatic nitrogens is 1. The van der Waals surface area contributed by atoms with Crippen molar-refractivity contribution in [2.45, 2.75) is 0 Å². The summed E-state index contributed by atoms with van der Waals surface area (Å²) in [7, 11) is 0. The van der Waals surface area contributed by atoms with Crippen molar-refractivity contribution in [3.05, 3.63) is 43.5 Å². The smallest absolute Gasteiger partial charge is 0.256 e. The van der Waals surface area contributed by atoms with Crippen LogP contribution in [0.4, 0.5) is 0 Å². The van der Waals surface area contributed by atoms with Crippen molar-refractivity contribution in [1.82, 2.24) is 4.98 Å². The average molecular weight is 426 g/mol. The van der Waals surface area contributed by atoms with E-state index in [9.17, 15) is 5.11 Å². The van der Waals surface area contributed by atoms with E-state index in [4.69, 9.17) is 16.3 Å².